The second-order valence-electron chi connectivity index (χ2n) is 3.58. The van der Waals surface area contributed by atoms with Crippen LogP contribution < -0.4 is 10.4 Å². The van der Waals surface area contributed by atoms with Crippen LogP contribution >= 0.6 is 0 Å². The van der Waals surface area contributed by atoms with Gasteiger partial charge >= 0.3 is 11.6 Å². The van der Waals surface area contributed by atoms with Crippen LogP contribution in [0.25, 0.3) is 11.0 Å². The molecule has 1 aromatic heterocycles. The van der Waals surface area contributed by atoms with Crippen LogP contribution in [-0.4, -0.2) is 5.97 Å². The zero-order valence-corrected chi connectivity index (χ0v) is 9.24. The molecule has 0 spiro atoms. The number of rotatable bonds is 1. The molecule has 0 unspecified atom stereocenters. The summed E-state index contributed by atoms with van der Waals surface area (Å²) in [5, 5.41) is 0.470. The van der Waals surface area contributed by atoms with Gasteiger partial charge in [-0.15, -0.1) is 0 Å². The lowest BCUT2D eigenvalue weighted by molar-refractivity contribution is -0.131. The van der Waals surface area contributed by atoms with Crippen molar-refractivity contribution in [1.29, 1.82) is 0 Å². The summed E-state index contributed by atoms with van der Waals surface area (Å²) >= 11 is 0. The van der Waals surface area contributed by atoms with E-state index in [9.17, 15) is 14.0 Å². The van der Waals surface area contributed by atoms with E-state index in [1.54, 1.807) is 0 Å². The Balaban J connectivity index is 2.67. The Hall–Kier alpha value is -2.17. The highest BCUT2D eigenvalue weighted by molar-refractivity contribution is 5.82. The van der Waals surface area contributed by atoms with Crippen molar-refractivity contribution in [2.45, 2.75) is 13.8 Å². The second-order valence-corrected chi connectivity index (χ2v) is 3.58. The van der Waals surface area contributed by atoms with E-state index < -0.39 is 17.4 Å². The Kier molecular flexibility index (Phi) is 2.67. The van der Waals surface area contributed by atoms with Gasteiger partial charge in [0.15, 0.2) is 0 Å². The van der Waals surface area contributed by atoms with Crippen molar-refractivity contribution in [3.05, 3.63) is 40.0 Å². The average Bonchev–Trinajstić information content (AvgIpc) is 2.25. The van der Waals surface area contributed by atoms with Crippen molar-refractivity contribution in [3.63, 3.8) is 0 Å². The van der Waals surface area contributed by atoms with E-state index in [4.69, 9.17) is 9.15 Å². The third-order valence-corrected chi connectivity index (χ3v) is 2.33. The molecule has 0 N–H and O–H groups in total. The summed E-state index contributed by atoms with van der Waals surface area (Å²) in [5.41, 5.74) is -0.631. The van der Waals surface area contributed by atoms with Gasteiger partial charge < -0.3 is 9.15 Å². The Morgan fingerprint density at radius 1 is 1.41 bits per heavy atom. The number of halogens is 1. The number of aryl methyl sites for hydroxylation is 1. The Labute approximate surface area is 95.6 Å². The predicted molar refractivity (Wildman–Crippen MR) is 58.5 cm³/mol. The van der Waals surface area contributed by atoms with Gasteiger partial charge in [0.25, 0.3) is 0 Å². The Bertz CT molecular complexity index is 657. The first-order valence-corrected chi connectivity index (χ1v) is 4.90. The fourth-order valence-electron chi connectivity index (χ4n) is 1.54. The Morgan fingerprint density at radius 2 is 2.12 bits per heavy atom. The molecule has 4 nitrogen and oxygen atoms in total. The van der Waals surface area contributed by atoms with Crippen LogP contribution in [0, 0.1) is 12.7 Å². The summed E-state index contributed by atoms with van der Waals surface area (Å²) in [6.45, 7) is 2.75. The summed E-state index contributed by atoms with van der Waals surface area (Å²) in [6, 6.07) is 4.43. The zero-order chi connectivity index (χ0) is 12.6. The summed E-state index contributed by atoms with van der Waals surface area (Å²) in [7, 11) is 0. The molecule has 2 rings (SSSR count). The highest BCUT2D eigenvalue weighted by atomic mass is 19.1. The second kappa shape index (κ2) is 4.01. The summed E-state index contributed by atoms with van der Waals surface area (Å²) in [5.74, 6) is -1.14. The highest BCUT2D eigenvalue weighted by Gasteiger charge is 2.11. The molecule has 1 aromatic carbocycles. The molecule has 0 aliphatic rings. The lowest BCUT2D eigenvalue weighted by atomic mass is 10.1. The molecule has 0 radical (unpaired) electrons. The van der Waals surface area contributed by atoms with Crippen LogP contribution in [0.5, 0.6) is 5.75 Å². The van der Waals surface area contributed by atoms with Crippen LogP contribution in [0.4, 0.5) is 4.39 Å². The number of esters is 1. The van der Waals surface area contributed by atoms with Gasteiger partial charge in [-0.25, -0.2) is 4.79 Å². The number of ether oxygens (including phenoxy) is 1. The molecule has 0 bridgehead atoms. The number of benzene rings is 1. The van der Waals surface area contributed by atoms with Crippen LogP contribution in [-0.2, 0) is 4.79 Å². The summed E-state index contributed by atoms with van der Waals surface area (Å²) in [6.07, 6.45) is 0. The Morgan fingerprint density at radius 3 is 2.76 bits per heavy atom. The van der Waals surface area contributed by atoms with E-state index in [-0.39, 0.29) is 16.9 Å². The monoisotopic (exact) mass is 236 g/mol. The fraction of sp³-hybridized carbons (Fsp3) is 0.167. The normalized spacial score (nSPS) is 10.5. The summed E-state index contributed by atoms with van der Waals surface area (Å²) < 4.78 is 22.9. The van der Waals surface area contributed by atoms with Crippen LogP contribution in [0.1, 0.15) is 12.5 Å². The first-order valence-electron chi connectivity index (χ1n) is 4.90. The lowest BCUT2D eigenvalue weighted by Gasteiger charge is -2.04. The van der Waals surface area contributed by atoms with Crippen molar-refractivity contribution in [2.75, 3.05) is 0 Å². The lowest BCUT2D eigenvalue weighted by Crippen LogP contribution is -2.07. The first kappa shape index (κ1) is 11.3. The molecule has 1 heterocycles. The van der Waals surface area contributed by atoms with Gasteiger partial charge in [0.05, 0.1) is 0 Å². The first-order chi connectivity index (χ1) is 7.99. The minimum atomic E-state index is -1.03. The molecule has 2 aromatic rings. The van der Waals surface area contributed by atoms with Crippen LogP contribution in [0.3, 0.4) is 0 Å². The maximum Gasteiger partial charge on any atom is 0.372 e. The molecule has 0 aliphatic heterocycles. The minimum absolute atomic E-state index is 0.188. The van der Waals surface area contributed by atoms with Crippen molar-refractivity contribution in [1.82, 2.24) is 0 Å². The molecule has 88 valence electrons. The zero-order valence-electron chi connectivity index (χ0n) is 9.24. The maximum atomic E-state index is 13.3. The highest BCUT2D eigenvalue weighted by Crippen LogP contribution is 2.23. The molecule has 0 saturated carbocycles. The largest absolute Gasteiger partial charge is 0.427 e. The van der Waals surface area contributed by atoms with Gasteiger partial charge in [-0.05, 0) is 19.1 Å². The molecular weight excluding hydrogens is 227 g/mol. The average molecular weight is 236 g/mol. The molecule has 17 heavy (non-hydrogen) atoms. The summed E-state index contributed by atoms with van der Waals surface area (Å²) in [4.78, 5) is 21.9. The van der Waals surface area contributed by atoms with E-state index in [2.05, 4.69) is 0 Å². The quantitative estimate of drug-likeness (QED) is 0.432. The molecule has 0 saturated heterocycles. The SMILES string of the molecule is CC(=O)Oc1ccc2c(C)c(F)c(=O)oc2c1. The minimum Gasteiger partial charge on any atom is -0.427 e. The molecule has 5 heteroatoms. The van der Waals surface area contributed by atoms with Crippen molar-refractivity contribution in [2.24, 2.45) is 0 Å². The smallest absolute Gasteiger partial charge is 0.372 e. The third-order valence-electron chi connectivity index (χ3n) is 2.33. The molecular formula is C12H9FO4. The molecule has 0 atom stereocenters. The van der Waals surface area contributed by atoms with Gasteiger partial charge in [0, 0.05) is 23.9 Å². The molecule has 0 fully saturated rings. The fourth-order valence-corrected chi connectivity index (χ4v) is 1.54. The van der Waals surface area contributed by atoms with Gasteiger partial charge in [0.2, 0.25) is 5.82 Å². The van der Waals surface area contributed by atoms with Gasteiger partial charge in [-0.2, -0.15) is 4.39 Å². The standard InChI is InChI=1S/C12H9FO4/c1-6-9-4-3-8(16-7(2)14)5-10(9)17-12(15)11(6)13/h3-5H,1-2H3. The number of carbonyl (C=O) groups excluding carboxylic acids is 1. The van der Waals surface area contributed by atoms with E-state index in [0.717, 1.165) is 0 Å². The predicted octanol–water partition coefficient (Wildman–Crippen LogP) is 2.17. The van der Waals surface area contributed by atoms with E-state index in [1.165, 1.54) is 32.0 Å². The number of carbonyl (C=O) groups is 1. The number of hydrogen-bond donors (Lipinski definition) is 0. The number of fused-ring (bicyclic) bond motifs is 1. The van der Waals surface area contributed by atoms with Crippen LogP contribution in [0.15, 0.2) is 27.4 Å². The van der Waals surface area contributed by atoms with Crippen molar-refractivity contribution >= 4 is 16.9 Å². The number of hydrogen-bond acceptors (Lipinski definition) is 4. The maximum absolute atomic E-state index is 13.3. The van der Waals surface area contributed by atoms with E-state index >= 15 is 0 Å². The van der Waals surface area contributed by atoms with Crippen molar-refractivity contribution < 1.29 is 18.3 Å². The van der Waals surface area contributed by atoms with Gasteiger partial charge in [-0.3, -0.25) is 4.79 Å². The molecule has 0 aliphatic carbocycles. The van der Waals surface area contributed by atoms with E-state index in [1.807, 2.05) is 0 Å². The van der Waals surface area contributed by atoms with Crippen molar-refractivity contribution in [3.8, 4) is 5.75 Å². The van der Waals surface area contributed by atoms with Gasteiger partial charge in [-0.1, -0.05) is 0 Å². The molecule has 0 amide bonds. The van der Waals surface area contributed by atoms with E-state index in [0.29, 0.717) is 5.39 Å². The van der Waals surface area contributed by atoms with Crippen LogP contribution in [0.2, 0.25) is 0 Å². The van der Waals surface area contributed by atoms with Gasteiger partial charge in [0.1, 0.15) is 11.3 Å². The topological polar surface area (TPSA) is 56.5 Å². The third kappa shape index (κ3) is 2.04.